The average molecular weight is 289 g/mol. The Hall–Kier alpha value is -1.14. The fourth-order valence-electron chi connectivity index (χ4n) is 1.42. The van der Waals surface area contributed by atoms with E-state index in [4.69, 9.17) is 21.4 Å². The van der Waals surface area contributed by atoms with E-state index in [0.717, 1.165) is 12.8 Å². The molecule has 0 aliphatic rings. The van der Waals surface area contributed by atoms with Gasteiger partial charge < -0.3 is 15.2 Å². The molecule has 1 atom stereocenters. The summed E-state index contributed by atoms with van der Waals surface area (Å²) in [4.78, 5) is 12.0. The molecule has 7 heteroatoms. The Labute approximate surface area is 118 Å². The number of aliphatic hydroxyl groups excluding tert-OH is 1. The second kappa shape index (κ2) is 8.12. The molecule has 1 aromatic heterocycles. The predicted molar refractivity (Wildman–Crippen MR) is 74.6 cm³/mol. The number of nitrogens with one attached hydrogen (secondary N) is 1. The van der Waals surface area contributed by atoms with E-state index in [-0.39, 0.29) is 24.0 Å². The van der Waals surface area contributed by atoms with Crippen LogP contribution in [0, 0.1) is 5.92 Å². The maximum absolute atomic E-state index is 8.92. The molecule has 108 valence electrons. The van der Waals surface area contributed by atoms with E-state index in [0.29, 0.717) is 18.4 Å². The largest absolute Gasteiger partial charge is 0.461 e. The van der Waals surface area contributed by atoms with Gasteiger partial charge in [-0.3, -0.25) is 0 Å². The molecular weight excluding hydrogens is 268 g/mol. The summed E-state index contributed by atoms with van der Waals surface area (Å²) in [6, 6.07) is 0.223. The van der Waals surface area contributed by atoms with E-state index in [2.05, 4.69) is 20.3 Å². The van der Waals surface area contributed by atoms with Gasteiger partial charge in [-0.1, -0.05) is 6.92 Å². The molecule has 6 nitrogen and oxygen atoms in total. The van der Waals surface area contributed by atoms with Gasteiger partial charge in [0.15, 0.2) is 0 Å². The maximum atomic E-state index is 8.92. The molecule has 0 aromatic carbocycles. The number of hydrogen-bond acceptors (Lipinski definition) is 6. The highest BCUT2D eigenvalue weighted by molar-refractivity contribution is 6.28. The Morgan fingerprint density at radius 3 is 2.63 bits per heavy atom. The molecule has 0 amide bonds. The van der Waals surface area contributed by atoms with Gasteiger partial charge in [-0.2, -0.15) is 15.0 Å². The number of rotatable bonds is 8. The summed E-state index contributed by atoms with van der Waals surface area (Å²) in [7, 11) is 0. The van der Waals surface area contributed by atoms with E-state index >= 15 is 0 Å². The number of anilines is 1. The van der Waals surface area contributed by atoms with Crippen LogP contribution in [-0.2, 0) is 0 Å². The third-order valence-electron chi connectivity index (χ3n) is 2.40. The SMILES string of the molecule is CC(CO)CCCNc1nc(Cl)nc(OC(C)C)n1. The van der Waals surface area contributed by atoms with Crippen LogP contribution < -0.4 is 10.1 Å². The Kier molecular flexibility index (Phi) is 6.80. The summed E-state index contributed by atoms with van der Waals surface area (Å²) in [5.74, 6) is 0.718. The van der Waals surface area contributed by atoms with Crippen LogP contribution in [0.1, 0.15) is 33.6 Å². The second-order valence-electron chi connectivity index (χ2n) is 4.73. The molecule has 1 aromatic rings. The van der Waals surface area contributed by atoms with Gasteiger partial charge in [0, 0.05) is 13.2 Å². The molecule has 0 saturated heterocycles. The van der Waals surface area contributed by atoms with Gasteiger partial charge in [-0.15, -0.1) is 0 Å². The lowest BCUT2D eigenvalue weighted by atomic mass is 10.1. The molecular formula is C12H21ClN4O2. The fourth-order valence-corrected chi connectivity index (χ4v) is 1.57. The number of nitrogens with zero attached hydrogens (tertiary/aromatic N) is 3. The van der Waals surface area contributed by atoms with E-state index in [1.807, 2.05) is 20.8 Å². The van der Waals surface area contributed by atoms with Crippen molar-refractivity contribution in [2.75, 3.05) is 18.5 Å². The summed E-state index contributed by atoms with van der Waals surface area (Å²) in [6.45, 7) is 6.71. The van der Waals surface area contributed by atoms with Crippen molar-refractivity contribution in [1.29, 1.82) is 0 Å². The number of aromatic nitrogens is 3. The molecule has 0 spiro atoms. The summed E-state index contributed by atoms with van der Waals surface area (Å²) in [6.07, 6.45) is 1.85. The summed E-state index contributed by atoms with van der Waals surface area (Å²) < 4.78 is 5.38. The molecule has 1 unspecified atom stereocenters. The van der Waals surface area contributed by atoms with Crippen molar-refractivity contribution in [2.45, 2.75) is 39.7 Å². The van der Waals surface area contributed by atoms with Crippen molar-refractivity contribution in [1.82, 2.24) is 15.0 Å². The molecule has 19 heavy (non-hydrogen) atoms. The van der Waals surface area contributed by atoms with Crippen LogP contribution in [-0.4, -0.2) is 39.3 Å². The predicted octanol–water partition coefficient (Wildman–Crippen LogP) is 2.13. The Balaban J connectivity index is 2.46. The van der Waals surface area contributed by atoms with Gasteiger partial charge in [-0.25, -0.2) is 0 Å². The minimum atomic E-state index is -0.0169. The molecule has 0 aliphatic heterocycles. The van der Waals surface area contributed by atoms with Gasteiger partial charge in [0.25, 0.3) is 0 Å². The van der Waals surface area contributed by atoms with Crippen molar-refractivity contribution in [3.8, 4) is 6.01 Å². The van der Waals surface area contributed by atoms with E-state index in [9.17, 15) is 0 Å². The highest BCUT2D eigenvalue weighted by Crippen LogP contribution is 2.13. The van der Waals surface area contributed by atoms with Gasteiger partial charge in [0.2, 0.25) is 11.2 Å². The smallest absolute Gasteiger partial charge is 0.322 e. The lowest BCUT2D eigenvalue weighted by molar-refractivity contribution is 0.222. The summed E-state index contributed by atoms with van der Waals surface area (Å²) in [5.41, 5.74) is 0. The monoisotopic (exact) mass is 288 g/mol. The van der Waals surface area contributed by atoms with Crippen molar-refractivity contribution >= 4 is 17.5 Å². The van der Waals surface area contributed by atoms with Crippen LogP contribution in [0.25, 0.3) is 0 Å². The van der Waals surface area contributed by atoms with Crippen LogP contribution in [0.15, 0.2) is 0 Å². The third kappa shape index (κ3) is 6.54. The number of aliphatic hydroxyl groups is 1. The lowest BCUT2D eigenvalue weighted by Crippen LogP contribution is -2.12. The van der Waals surface area contributed by atoms with Gasteiger partial charge in [0.1, 0.15) is 0 Å². The molecule has 0 bridgehead atoms. The van der Waals surface area contributed by atoms with Crippen LogP contribution in [0.4, 0.5) is 5.95 Å². The van der Waals surface area contributed by atoms with Crippen molar-refractivity contribution in [3.63, 3.8) is 0 Å². The van der Waals surface area contributed by atoms with Crippen LogP contribution in [0.5, 0.6) is 6.01 Å². The van der Waals surface area contributed by atoms with Gasteiger partial charge >= 0.3 is 6.01 Å². The lowest BCUT2D eigenvalue weighted by Gasteiger charge is -2.10. The summed E-state index contributed by atoms with van der Waals surface area (Å²) >= 11 is 5.80. The number of hydrogen-bond donors (Lipinski definition) is 2. The standard InChI is InChI=1S/C12H21ClN4O2/c1-8(2)19-12-16-10(13)15-11(17-12)14-6-4-5-9(3)7-18/h8-9,18H,4-7H2,1-3H3,(H,14,15,16,17). The molecule has 2 N–H and O–H groups in total. The van der Waals surface area contributed by atoms with Gasteiger partial charge in [0.05, 0.1) is 6.10 Å². The minimum Gasteiger partial charge on any atom is -0.461 e. The van der Waals surface area contributed by atoms with E-state index in [1.54, 1.807) is 0 Å². The minimum absolute atomic E-state index is 0.0169. The van der Waals surface area contributed by atoms with Crippen LogP contribution in [0.2, 0.25) is 5.28 Å². The zero-order chi connectivity index (χ0) is 14.3. The molecule has 0 aliphatic carbocycles. The molecule has 0 fully saturated rings. The van der Waals surface area contributed by atoms with Gasteiger partial charge in [-0.05, 0) is 44.2 Å². The quantitative estimate of drug-likeness (QED) is 0.713. The average Bonchev–Trinajstić information content (AvgIpc) is 2.32. The highest BCUT2D eigenvalue weighted by Gasteiger charge is 2.07. The number of halogens is 1. The van der Waals surface area contributed by atoms with E-state index in [1.165, 1.54) is 0 Å². The first-order chi connectivity index (χ1) is 9.01. The molecule has 0 radical (unpaired) electrons. The molecule has 1 rings (SSSR count). The fraction of sp³-hybridized carbons (Fsp3) is 0.750. The highest BCUT2D eigenvalue weighted by atomic mass is 35.5. The first-order valence-electron chi connectivity index (χ1n) is 6.44. The topological polar surface area (TPSA) is 80.2 Å². The van der Waals surface area contributed by atoms with Crippen LogP contribution >= 0.6 is 11.6 Å². The first kappa shape index (κ1) is 15.9. The number of ether oxygens (including phenoxy) is 1. The molecule has 1 heterocycles. The normalized spacial score (nSPS) is 12.5. The van der Waals surface area contributed by atoms with Crippen molar-refractivity contribution in [2.24, 2.45) is 5.92 Å². The van der Waals surface area contributed by atoms with E-state index < -0.39 is 0 Å². The third-order valence-corrected chi connectivity index (χ3v) is 2.57. The first-order valence-corrected chi connectivity index (χ1v) is 6.82. The summed E-state index contributed by atoms with van der Waals surface area (Å²) in [5, 5.41) is 12.1. The Morgan fingerprint density at radius 2 is 2.00 bits per heavy atom. The van der Waals surface area contributed by atoms with Crippen molar-refractivity contribution in [3.05, 3.63) is 5.28 Å². The molecule has 0 saturated carbocycles. The van der Waals surface area contributed by atoms with Crippen molar-refractivity contribution < 1.29 is 9.84 Å². The second-order valence-corrected chi connectivity index (χ2v) is 5.07. The Bertz CT molecular complexity index is 390. The maximum Gasteiger partial charge on any atom is 0.322 e. The zero-order valence-electron chi connectivity index (χ0n) is 11.6. The Morgan fingerprint density at radius 1 is 1.26 bits per heavy atom. The van der Waals surface area contributed by atoms with Crippen LogP contribution in [0.3, 0.4) is 0 Å². The zero-order valence-corrected chi connectivity index (χ0v) is 12.3.